The smallest absolute Gasteiger partial charge is 0.0742 e. The fourth-order valence-electron chi connectivity index (χ4n) is 4.28. The highest BCUT2D eigenvalue weighted by molar-refractivity contribution is 6.14. The molecular formula is C21H37B. The number of allylic oxidation sites excluding steroid dienone is 2. The van der Waals surface area contributed by atoms with Crippen molar-refractivity contribution in [2.75, 3.05) is 0 Å². The first-order valence-electron chi connectivity index (χ1n) is 10.1. The van der Waals surface area contributed by atoms with Crippen molar-refractivity contribution in [1.29, 1.82) is 0 Å². The van der Waals surface area contributed by atoms with Gasteiger partial charge in [0.2, 0.25) is 0 Å². The molecule has 0 saturated heterocycles. The molecule has 2 rings (SSSR count). The van der Waals surface area contributed by atoms with E-state index in [4.69, 9.17) is 7.85 Å². The van der Waals surface area contributed by atoms with Crippen molar-refractivity contribution in [3.8, 4) is 0 Å². The summed E-state index contributed by atoms with van der Waals surface area (Å²) >= 11 is 0. The lowest BCUT2D eigenvalue weighted by molar-refractivity contribution is 0.358. The minimum Gasteiger partial charge on any atom is -0.0853 e. The minimum absolute atomic E-state index is 0.0806. The van der Waals surface area contributed by atoms with Crippen LogP contribution >= 0.6 is 0 Å². The van der Waals surface area contributed by atoms with E-state index in [1.54, 1.807) is 5.57 Å². The van der Waals surface area contributed by atoms with Gasteiger partial charge < -0.3 is 0 Å². The summed E-state index contributed by atoms with van der Waals surface area (Å²) in [4.78, 5) is 0. The van der Waals surface area contributed by atoms with E-state index < -0.39 is 0 Å². The summed E-state index contributed by atoms with van der Waals surface area (Å²) in [6.07, 6.45) is 24.6. The van der Waals surface area contributed by atoms with Crippen LogP contribution in [0.5, 0.6) is 0 Å². The Bertz CT molecular complexity index is 329. The van der Waals surface area contributed by atoms with Gasteiger partial charge >= 0.3 is 0 Å². The lowest BCUT2D eigenvalue weighted by Crippen LogP contribution is -2.11. The van der Waals surface area contributed by atoms with E-state index in [-0.39, 0.29) is 5.31 Å². The molecule has 2 atom stereocenters. The monoisotopic (exact) mass is 300 g/mol. The van der Waals surface area contributed by atoms with E-state index in [2.05, 4.69) is 13.0 Å². The molecule has 1 saturated carbocycles. The molecule has 0 aliphatic heterocycles. The van der Waals surface area contributed by atoms with Crippen LogP contribution in [0, 0.1) is 5.92 Å². The van der Waals surface area contributed by atoms with Crippen LogP contribution in [0.2, 0.25) is 5.31 Å². The molecule has 0 spiro atoms. The summed E-state index contributed by atoms with van der Waals surface area (Å²) in [6, 6.07) is 0. The summed E-state index contributed by atoms with van der Waals surface area (Å²) in [5.74, 6) is 0.925. The molecule has 124 valence electrons. The lowest BCUT2D eigenvalue weighted by atomic mass is 9.63. The van der Waals surface area contributed by atoms with Crippen molar-refractivity contribution in [3.63, 3.8) is 0 Å². The quantitative estimate of drug-likeness (QED) is 0.329. The second-order valence-corrected chi connectivity index (χ2v) is 8.37. The fourth-order valence-corrected chi connectivity index (χ4v) is 4.28. The van der Waals surface area contributed by atoms with Crippen LogP contribution in [0.4, 0.5) is 0 Å². The van der Waals surface area contributed by atoms with Gasteiger partial charge in [0.05, 0.1) is 7.85 Å². The zero-order valence-corrected chi connectivity index (χ0v) is 15.0. The van der Waals surface area contributed by atoms with Crippen LogP contribution in [-0.2, 0) is 0 Å². The molecule has 0 aromatic carbocycles. The second kappa shape index (κ2) is 9.84. The van der Waals surface area contributed by atoms with Gasteiger partial charge in [-0.3, -0.25) is 0 Å². The Morgan fingerprint density at radius 1 is 0.818 bits per heavy atom. The molecule has 0 nitrogen and oxygen atoms in total. The number of rotatable bonds is 0. The molecule has 22 heavy (non-hydrogen) atoms. The summed E-state index contributed by atoms with van der Waals surface area (Å²) in [5, 5.41) is 0.0806. The molecule has 2 unspecified atom stereocenters. The maximum atomic E-state index is 6.58. The molecule has 2 aliphatic rings. The highest BCUT2D eigenvalue weighted by Gasteiger charge is 2.20. The maximum absolute atomic E-state index is 6.58. The average Bonchev–Trinajstić information content (AvgIpc) is 2.59. The largest absolute Gasteiger partial charge is 0.0853 e. The summed E-state index contributed by atoms with van der Waals surface area (Å²) in [7, 11) is 6.58. The van der Waals surface area contributed by atoms with Crippen LogP contribution in [0.25, 0.3) is 0 Å². The van der Waals surface area contributed by atoms with Crippen molar-refractivity contribution in [2.24, 2.45) is 5.92 Å². The van der Waals surface area contributed by atoms with Gasteiger partial charge in [-0.15, -0.1) is 0 Å². The topological polar surface area (TPSA) is 0 Å². The van der Waals surface area contributed by atoms with E-state index in [0.717, 1.165) is 5.92 Å². The van der Waals surface area contributed by atoms with Crippen LogP contribution in [0.3, 0.4) is 0 Å². The first-order valence-corrected chi connectivity index (χ1v) is 10.1. The molecule has 2 bridgehead atoms. The summed E-state index contributed by atoms with van der Waals surface area (Å²) in [6.45, 7) is 2.30. The molecule has 1 heteroatoms. The standard InChI is InChI=1S/C21H37B/c1-21(22)17-10-5-3-2-4-7-11-19-12-8-6-9-13-20(15-14-19)16-18-21/h11,20H,2-10,12-18H2,1H3/b19-11-. The molecule has 1 fully saturated rings. The molecule has 0 heterocycles. The maximum Gasteiger partial charge on any atom is 0.0742 e. The number of hydrogen-bond acceptors (Lipinski definition) is 0. The zero-order valence-electron chi connectivity index (χ0n) is 15.0. The molecule has 0 aromatic rings. The van der Waals surface area contributed by atoms with Crippen molar-refractivity contribution < 1.29 is 0 Å². The van der Waals surface area contributed by atoms with Gasteiger partial charge in [-0.25, -0.2) is 0 Å². The van der Waals surface area contributed by atoms with Gasteiger partial charge in [-0.05, 0) is 44.4 Å². The zero-order chi connectivity index (χ0) is 15.7. The second-order valence-electron chi connectivity index (χ2n) is 8.37. The average molecular weight is 300 g/mol. The molecule has 0 N–H and O–H groups in total. The number of fused-ring (bicyclic) bond motifs is 3. The third kappa shape index (κ3) is 7.38. The van der Waals surface area contributed by atoms with Gasteiger partial charge in [0, 0.05) is 0 Å². The van der Waals surface area contributed by atoms with E-state index in [0.29, 0.717) is 0 Å². The number of hydrogen-bond donors (Lipinski definition) is 0. The molecule has 0 aromatic heterocycles. The third-order valence-corrected chi connectivity index (χ3v) is 5.99. The predicted molar refractivity (Wildman–Crippen MR) is 99.6 cm³/mol. The molecule has 2 radical (unpaired) electrons. The van der Waals surface area contributed by atoms with Crippen molar-refractivity contribution in [2.45, 2.75) is 115 Å². The fraction of sp³-hybridized carbons (Fsp3) is 0.905. The normalized spacial score (nSPS) is 36.0. The Labute approximate surface area is 140 Å². The van der Waals surface area contributed by atoms with E-state index in [1.807, 2.05) is 0 Å². The minimum atomic E-state index is 0.0806. The van der Waals surface area contributed by atoms with Gasteiger partial charge in [0.15, 0.2) is 0 Å². The Morgan fingerprint density at radius 3 is 2.50 bits per heavy atom. The van der Waals surface area contributed by atoms with E-state index in [9.17, 15) is 0 Å². The Hall–Kier alpha value is -0.195. The van der Waals surface area contributed by atoms with Crippen molar-refractivity contribution in [3.05, 3.63) is 11.6 Å². The summed E-state index contributed by atoms with van der Waals surface area (Å²) < 4.78 is 0. The van der Waals surface area contributed by atoms with Crippen molar-refractivity contribution >= 4 is 7.85 Å². The summed E-state index contributed by atoms with van der Waals surface area (Å²) in [5.41, 5.74) is 1.78. The van der Waals surface area contributed by atoms with Crippen molar-refractivity contribution in [1.82, 2.24) is 0 Å². The lowest BCUT2D eigenvalue weighted by Gasteiger charge is -2.28. The van der Waals surface area contributed by atoms with Gasteiger partial charge in [0.1, 0.15) is 0 Å². The molecule has 0 amide bonds. The van der Waals surface area contributed by atoms with Crippen LogP contribution in [-0.4, -0.2) is 7.85 Å². The van der Waals surface area contributed by atoms with Gasteiger partial charge in [0.25, 0.3) is 0 Å². The third-order valence-electron chi connectivity index (χ3n) is 5.99. The SMILES string of the molecule is [B]C1(C)CCCCCCC/C=C2/CCCCCC(CC2)CC1. The predicted octanol–water partition coefficient (Wildman–Crippen LogP) is 7.14. The van der Waals surface area contributed by atoms with E-state index >= 15 is 0 Å². The molecular weight excluding hydrogens is 263 g/mol. The first-order chi connectivity index (χ1) is 10.7. The highest BCUT2D eigenvalue weighted by Crippen LogP contribution is 2.38. The Morgan fingerprint density at radius 2 is 1.59 bits per heavy atom. The van der Waals surface area contributed by atoms with Crippen LogP contribution in [0.15, 0.2) is 11.6 Å². The Kier molecular flexibility index (Phi) is 8.11. The Balaban J connectivity index is 1.97. The van der Waals surface area contributed by atoms with Crippen LogP contribution < -0.4 is 0 Å². The first kappa shape index (κ1) is 18.1. The van der Waals surface area contributed by atoms with Crippen LogP contribution in [0.1, 0.15) is 110 Å². The molecule has 2 aliphatic carbocycles. The highest BCUT2D eigenvalue weighted by atomic mass is 14.2. The van der Waals surface area contributed by atoms with Gasteiger partial charge in [-0.2, -0.15) is 0 Å². The van der Waals surface area contributed by atoms with Gasteiger partial charge in [-0.1, -0.05) is 88.1 Å². The van der Waals surface area contributed by atoms with E-state index in [1.165, 1.54) is 103 Å².